The van der Waals surface area contributed by atoms with Gasteiger partial charge in [-0.1, -0.05) is 38.2 Å². The third-order valence-electron chi connectivity index (χ3n) is 3.63. The molecule has 13 heavy (non-hydrogen) atoms. The van der Waals surface area contributed by atoms with Crippen LogP contribution in [0.5, 0.6) is 0 Å². The highest BCUT2D eigenvalue weighted by molar-refractivity contribution is 5.09. The molecule has 3 atom stereocenters. The molecule has 3 unspecified atom stereocenters. The van der Waals surface area contributed by atoms with Gasteiger partial charge in [0.2, 0.25) is 0 Å². The fourth-order valence-corrected chi connectivity index (χ4v) is 2.90. The molecule has 0 amide bonds. The van der Waals surface area contributed by atoms with Crippen molar-refractivity contribution in [3.63, 3.8) is 0 Å². The number of hydrogen-bond donors (Lipinski definition) is 0. The van der Waals surface area contributed by atoms with Crippen LogP contribution in [0.2, 0.25) is 0 Å². The molecule has 0 aliphatic heterocycles. The summed E-state index contributed by atoms with van der Waals surface area (Å²) in [6, 6.07) is 0. The van der Waals surface area contributed by atoms with Crippen LogP contribution in [0, 0.1) is 23.7 Å². The van der Waals surface area contributed by atoms with Crippen LogP contribution in [0.4, 0.5) is 0 Å². The van der Waals surface area contributed by atoms with Gasteiger partial charge in [-0.25, -0.2) is 0 Å². The Bertz CT molecular complexity index is 222. The Balaban J connectivity index is 2.16. The summed E-state index contributed by atoms with van der Waals surface area (Å²) in [4.78, 5) is 0. The van der Waals surface area contributed by atoms with Gasteiger partial charge in [-0.05, 0) is 42.9 Å². The fourth-order valence-electron chi connectivity index (χ4n) is 2.90. The van der Waals surface area contributed by atoms with Crippen molar-refractivity contribution in [2.45, 2.75) is 33.1 Å². The maximum Gasteiger partial charge on any atom is -0.0165 e. The minimum Gasteiger partial charge on any atom is -0.0882 e. The largest absolute Gasteiger partial charge is 0.0882 e. The monoisotopic (exact) mass is 176 g/mol. The molecule has 2 aliphatic rings. The van der Waals surface area contributed by atoms with Crippen molar-refractivity contribution in [1.29, 1.82) is 0 Å². The SMILES string of the molecule is CC(C)C1C=CCC2C=CCCC21. The van der Waals surface area contributed by atoms with Gasteiger partial charge in [0.1, 0.15) is 0 Å². The lowest BCUT2D eigenvalue weighted by Gasteiger charge is -2.37. The van der Waals surface area contributed by atoms with Gasteiger partial charge in [0.25, 0.3) is 0 Å². The van der Waals surface area contributed by atoms with Gasteiger partial charge in [0.15, 0.2) is 0 Å². The lowest BCUT2D eigenvalue weighted by molar-refractivity contribution is 0.215. The molecule has 2 rings (SSSR count). The number of allylic oxidation sites excluding steroid dienone is 4. The minimum absolute atomic E-state index is 0.815. The Kier molecular flexibility index (Phi) is 2.57. The topological polar surface area (TPSA) is 0 Å². The van der Waals surface area contributed by atoms with E-state index in [1.807, 2.05) is 0 Å². The van der Waals surface area contributed by atoms with Crippen molar-refractivity contribution in [3.05, 3.63) is 24.3 Å². The molecule has 0 bridgehead atoms. The molecule has 0 saturated heterocycles. The van der Waals surface area contributed by atoms with Crippen molar-refractivity contribution in [1.82, 2.24) is 0 Å². The average Bonchev–Trinajstić information content (AvgIpc) is 2.17. The van der Waals surface area contributed by atoms with Crippen LogP contribution in [-0.4, -0.2) is 0 Å². The van der Waals surface area contributed by atoms with Gasteiger partial charge in [-0.2, -0.15) is 0 Å². The van der Waals surface area contributed by atoms with Crippen molar-refractivity contribution < 1.29 is 0 Å². The highest BCUT2D eigenvalue weighted by Gasteiger charge is 2.31. The van der Waals surface area contributed by atoms with E-state index >= 15 is 0 Å². The molecule has 2 aliphatic carbocycles. The Hall–Kier alpha value is -0.520. The summed E-state index contributed by atoms with van der Waals surface area (Å²) in [5.74, 6) is 3.44. The molecule has 0 aromatic rings. The molecular formula is C13H20. The predicted octanol–water partition coefficient (Wildman–Crippen LogP) is 3.80. The van der Waals surface area contributed by atoms with E-state index in [1.165, 1.54) is 19.3 Å². The number of hydrogen-bond acceptors (Lipinski definition) is 0. The molecule has 0 radical (unpaired) electrons. The van der Waals surface area contributed by atoms with Gasteiger partial charge in [-0.3, -0.25) is 0 Å². The smallest absolute Gasteiger partial charge is 0.0165 e. The van der Waals surface area contributed by atoms with E-state index in [0.717, 1.165) is 23.7 Å². The predicted molar refractivity (Wildman–Crippen MR) is 57.4 cm³/mol. The van der Waals surface area contributed by atoms with Gasteiger partial charge in [0.05, 0.1) is 0 Å². The van der Waals surface area contributed by atoms with E-state index < -0.39 is 0 Å². The van der Waals surface area contributed by atoms with Crippen LogP contribution in [0.15, 0.2) is 24.3 Å². The highest BCUT2D eigenvalue weighted by Crippen LogP contribution is 2.40. The molecule has 0 N–H and O–H groups in total. The molecular weight excluding hydrogens is 156 g/mol. The molecule has 0 aromatic heterocycles. The maximum absolute atomic E-state index is 2.46. The third-order valence-corrected chi connectivity index (χ3v) is 3.63. The summed E-state index contributed by atoms with van der Waals surface area (Å²) >= 11 is 0. The quantitative estimate of drug-likeness (QED) is 0.533. The first-order chi connectivity index (χ1) is 6.29. The van der Waals surface area contributed by atoms with Crippen molar-refractivity contribution in [3.8, 4) is 0 Å². The van der Waals surface area contributed by atoms with E-state index in [1.54, 1.807) is 0 Å². The lowest BCUT2D eigenvalue weighted by Crippen LogP contribution is -2.29. The second kappa shape index (κ2) is 3.69. The van der Waals surface area contributed by atoms with E-state index in [4.69, 9.17) is 0 Å². The first-order valence-corrected chi connectivity index (χ1v) is 5.62. The van der Waals surface area contributed by atoms with Crippen LogP contribution in [0.3, 0.4) is 0 Å². The summed E-state index contributed by atoms with van der Waals surface area (Å²) in [6.07, 6.45) is 13.7. The van der Waals surface area contributed by atoms with Gasteiger partial charge in [-0.15, -0.1) is 0 Å². The fraction of sp³-hybridized carbons (Fsp3) is 0.692. The summed E-state index contributed by atoms with van der Waals surface area (Å²) in [5, 5.41) is 0. The van der Waals surface area contributed by atoms with Crippen molar-refractivity contribution >= 4 is 0 Å². The molecule has 0 heterocycles. The van der Waals surface area contributed by atoms with Crippen LogP contribution in [-0.2, 0) is 0 Å². The van der Waals surface area contributed by atoms with Crippen LogP contribution in [0.1, 0.15) is 33.1 Å². The van der Waals surface area contributed by atoms with E-state index in [9.17, 15) is 0 Å². The average molecular weight is 176 g/mol. The second-order valence-electron chi connectivity index (χ2n) is 4.82. The zero-order chi connectivity index (χ0) is 9.26. The van der Waals surface area contributed by atoms with Gasteiger partial charge in [0, 0.05) is 0 Å². The van der Waals surface area contributed by atoms with Crippen molar-refractivity contribution in [2.24, 2.45) is 23.7 Å². The van der Waals surface area contributed by atoms with Crippen LogP contribution in [0.25, 0.3) is 0 Å². The normalized spacial score (nSPS) is 37.9. The van der Waals surface area contributed by atoms with Crippen LogP contribution >= 0.6 is 0 Å². The number of fused-ring (bicyclic) bond motifs is 1. The summed E-state index contributed by atoms with van der Waals surface area (Å²) in [5.41, 5.74) is 0. The Morgan fingerprint density at radius 2 is 2.00 bits per heavy atom. The molecule has 0 spiro atoms. The summed E-state index contributed by atoms with van der Waals surface area (Å²) in [7, 11) is 0. The summed E-state index contributed by atoms with van der Waals surface area (Å²) in [6.45, 7) is 4.71. The van der Waals surface area contributed by atoms with Crippen LogP contribution < -0.4 is 0 Å². The maximum atomic E-state index is 2.46. The second-order valence-corrected chi connectivity index (χ2v) is 4.82. The van der Waals surface area contributed by atoms with Crippen molar-refractivity contribution in [2.75, 3.05) is 0 Å². The molecule has 0 heteroatoms. The molecule has 0 fully saturated rings. The minimum atomic E-state index is 0.815. The molecule has 0 saturated carbocycles. The lowest BCUT2D eigenvalue weighted by atomic mass is 9.68. The summed E-state index contributed by atoms with van der Waals surface area (Å²) < 4.78 is 0. The molecule has 72 valence electrons. The van der Waals surface area contributed by atoms with E-state index in [2.05, 4.69) is 38.2 Å². The first kappa shape index (κ1) is 9.05. The Labute approximate surface area is 81.7 Å². The van der Waals surface area contributed by atoms with E-state index in [0.29, 0.717) is 0 Å². The third kappa shape index (κ3) is 1.72. The van der Waals surface area contributed by atoms with Gasteiger partial charge < -0.3 is 0 Å². The standard InChI is InChI=1S/C13H20/c1-10(2)12-9-5-7-11-6-3-4-8-13(11)12/h3,5-6,9-13H,4,7-8H2,1-2H3. The Morgan fingerprint density at radius 3 is 2.77 bits per heavy atom. The highest BCUT2D eigenvalue weighted by atomic mass is 14.4. The molecule has 0 nitrogen and oxygen atoms in total. The van der Waals surface area contributed by atoms with E-state index in [-0.39, 0.29) is 0 Å². The number of rotatable bonds is 1. The Morgan fingerprint density at radius 1 is 1.15 bits per heavy atom. The zero-order valence-electron chi connectivity index (χ0n) is 8.74. The zero-order valence-corrected chi connectivity index (χ0v) is 8.74. The van der Waals surface area contributed by atoms with Gasteiger partial charge >= 0.3 is 0 Å². The molecule has 0 aromatic carbocycles. The first-order valence-electron chi connectivity index (χ1n) is 5.62.